The number of aromatic nitrogens is 2. The first-order chi connectivity index (χ1) is 16.1. The number of benzene rings is 1. The lowest BCUT2D eigenvalue weighted by molar-refractivity contribution is -0.137. The second-order valence-corrected chi connectivity index (χ2v) is 11.9. The minimum Gasteiger partial charge on any atom is -0.348 e. The van der Waals surface area contributed by atoms with Gasteiger partial charge in [0, 0.05) is 11.4 Å². The highest BCUT2D eigenvalue weighted by molar-refractivity contribution is 7.20. The van der Waals surface area contributed by atoms with Crippen molar-refractivity contribution in [3.05, 3.63) is 46.5 Å². The largest absolute Gasteiger partial charge is 0.416 e. The van der Waals surface area contributed by atoms with E-state index in [-0.39, 0.29) is 17.4 Å². The molecule has 0 spiro atoms. The molecular formula is C26H28F3N3OS. The molecule has 1 atom stereocenters. The van der Waals surface area contributed by atoms with Crippen LogP contribution in [0.2, 0.25) is 0 Å². The second kappa shape index (κ2) is 7.57. The summed E-state index contributed by atoms with van der Waals surface area (Å²) >= 11 is 1.29. The number of hydrogen-bond acceptors (Lipinski definition) is 3. The molecule has 4 nitrogen and oxygen atoms in total. The van der Waals surface area contributed by atoms with Crippen LogP contribution in [0.5, 0.6) is 0 Å². The first-order valence-electron chi connectivity index (χ1n) is 12.1. The van der Waals surface area contributed by atoms with Crippen molar-refractivity contribution in [1.82, 2.24) is 15.1 Å². The van der Waals surface area contributed by atoms with E-state index < -0.39 is 11.7 Å². The molecule has 1 amide bonds. The van der Waals surface area contributed by atoms with Gasteiger partial charge in [0.2, 0.25) is 0 Å². The summed E-state index contributed by atoms with van der Waals surface area (Å²) < 4.78 is 41.2. The minimum atomic E-state index is -4.43. The van der Waals surface area contributed by atoms with E-state index in [0.29, 0.717) is 21.1 Å². The summed E-state index contributed by atoms with van der Waals surface area (Å²) in [6.45, 7) is 3.98. The number of carbonyl (C=O) groups excluding carboxylic acids is 1. The van der Waals surface area contributed by atoms with E-state index in [1.165, 1.54) is 60.6 Å². The van der Waals surface area contributed by atoms with Crippen LogP contribution in [0.3, 0.4) is 0 Å². The minimum absolute atomic E-state index is 0.0977. The van der Waals surface area contributed by atoms with Gasteiger partial charge in [0.05, 0.1) is 21.8 Å². The molecule has 4 fully saturated rings. The summed E-state index contributed by atoms with van der Waals surface area (Å²) in [5.74, 6) is 2.35. The Kier molecular flexibility index (Phi) is 4.93. The van der Waals surface area contributed by atoms with Gasteiger partial charge in [-0.25, -0.2) is 4.68 Å². The van der Waals surface area contributed by atoms with Gasteiger partial charge >= 0.3 is 6.18 Å². The molecule has 0 radical (unpaired) electrons. The first kappa shape index (κ1) is 22.1. The number of fused-ring (bicyclic) bond motifs is 1. The average molecular weight is 488 g/mol. The maximum absolute atomic E-state index is 13.3. The van der Waals surface area contributed by atoms with Crippen LogP contribution in [0.15, 0.2) is 30.3 Å². The normalized spacial score (nSPS) is 29.0. The molecule has 180 valence electrons. The van der Waals surface area contributed by atoms with E-state index >= 15 is 0 Å². The predicted octanol–water partition coefficient (Wildman–Crippen LogP) is 6.75. The van der Waals surface area contributed by atoms with Gasteiger partial charge in [-0.3, -0.25) is 4.79 Å². The van der Waals surface area contributed by atoms with E-state index in [1.54, 1.807) is 6.07 Å². The molecule has 1 N–H and O–H groups in total. The molecule has 7 rings (SSSR count). The number of nitrogens with one attached hydrogen (secondary N) is 1. The maximum Gasteiger partial charge on any atom is 0.416 e. The molecule has 1 unspecified atom stereocenters. The number of carbonyl (C=O) groups is 1. The monoisotopic (exact) mass is 487 g/mol. The van der Waals surface area contributed by atoms with Gasteiger partial charge in [0.1, 0.15) is 4.83 Å². The van der Waals surface area contributed by atoms with Gasteiger partial charge in [-0.1, -0.05) is 6.07 Å². The van der Waals surface area contributed by atoms with Crippen LogP contribution in [0, 0.1) is 30.1 Å². The summed E-state index contributed by atoms with van der Waals surface area (Å²) in [6.07, 6.45) is 3.32. The summed E-state index contributed by atoms with van der Waals surface area (Å²) in [7, 11) is 0. The fourth-order valence-corrected chi connectivity index (χ4v) is 8.36. The van der Waals surface area contributed by atoms with Crippen molar-refractivity contribution in [3.63, 3.8) is 0 Å². The molecular weight excluding hydrogens is 459 g/mol. The van der Waals surface area contributed by atoms with Gasteiger partial charge in [-0.15, -0.1) is 11.3 Å². The van der Waals surface area contributed by atoms with Crippen LogP contribution in [0.25, 0.3) is 15.9 Å². The standard InChI is InChI=1S/C26H28F3N3OS/c1-14-21-10-22(34-24(21)32(31-14)20-5-3-4-19(9-20)26(27,28)29)23(33)30-15(2)25-11-16-6-17(12-25)8-18(7-16)13-25/h3-5,9-10,15-18H,6-8,11-13H2,1-2H3,(H,30,33). The topological polar surface area (TPSA) is 46.9 Å². The van der Waals surface area contributed by atoms with Crippen molar-refractivity contribution in [2.75, 3.05) is 0 Å². The van der Waals surface area contributed by atoms with Crippen LogP contribution in [0.1, 0.15) is 66.4 Å². The Hall–Kier alpha value is -2.35. The zero-order valence-electron chi connectivity index (χ0n) is 19.3. The molecule has 8 heteroatoms. The van der Waals surface area contributed by atoms with Crippen LogP contribution in [-0.2, 0) is 6.18 Å². The highest BCUT2D eigenvalue weighted by atomic mass is 32.1. The highest BCUT2D eigenvalue weighted by Gasteiger charge is 2.53. The van der Waals surface area contributed by atoms with Crippen LogP contribution >= 0.6 is 11.3 Å². The number of rotatable bonds is 4. The molecule has 2 aromatic heterocycles. The van der Waals surface area contributed by atoms with Gasteiger partial charge in [-0.2, -0.15) is 18.3 Å². The summed E-state index contributed by atoms with van der Waals surface area (Å²) in [4.78, 5) is 14.5. The third-order valence-corrected chi connectivity index (χ3v) is 9.65. The molecule has 2 heterocycles. The molecule has 4 saturated carbocycles. The Morgan fingerprint density at radius 2 is 1.79 bits per heavy atom. The number of alkyl halides is 3. The first-order valence-corrected chi connectivity index (χ1v) is 12.9. The second-order valence-electron chi connectivity index (χ2n) is 10.8. The lowest BCUT2D eigenvalue weighted by Crippen LogP contribution is -2.55. The zero-order chi connectivity index (χ0) is 23.8. The number of hydrogen-bond donors (Lipinski definition) is 1. The zero-order valence-corrected chi connectivity index (χ0v) is 20.1. The van der Waals surface area contributed by atoms with E-state index in [9.17, 15) is 18.0 Å². The number of nitrogens with zero attached hydrogens (tertiary/aromatic N) is 2. The Morgan fingerprint density at radius 1 is 1.15 bits per heavy atom. The average Bonchev–Trinajstić information content (AvgIpc) is 3.33. The Balaban J connectivity index is 1.27. The van der Waals surface area contributed by atoms with Crippen molar-refractivity contribution in [2.45, 2.75) is 64.6 Å². The number of thiophene rings is 1. The third kappa shape index (κ3) is 3.56. The van der Waals surface area contributed by atoms with Crippen molar-refractivity contribution in [1.29, 1.82) is 0 Å². The highest BCUT2D eigenvalue weighted by Crippen LogP contribution is 2.61. The van der Waals surface area contributed by atoms with Crippen LogP contribution in [0.4, 0.5) is 13.2 Å². The summed E-state index contributed by atoms with van der Waals surface area (Å²) in [6, 6.07) is 7.08. The Bertz CT molecular complexity index is 1240. The van der Waals surface area contributed by atoms with E-state index in [1.807, 2.05) is 13.0 Å². The summed E-state index contributed by atoms with van der Waals surface area (Å²) in [5.41, 5.74) is 0.525. The summed E-state index contributed by atoms with van der Waals surface area (Å²) in [5, 5.41) is 8.57. The van der Waals surface area contributed by atoms with Crippen molar-refractivity contribution in [2.24, 2.45) is 23.2 Å². The molecule has 0 aliphatic heterocycles. The lowest BCUT2D eigenvalue weighted by Gasteiger charge is -2.59. The van der Waals surface area contributed by atoms with Crippen molar-refractivity contribution in [3.8, 4) is 5.69 Å². The van der Waals surface area contributed by atoms with Crippen molar-refractivity contribution < 1.29 is 18.0 Å². The van der Waals surface area contributed by atoms with Crippen LogP contribution in [-0.4, -0.2) is 21.7 Å². The fraction of sp³-hybridized carbons (Fsp3) is 0.538. The SMILES string of the molecule is Cc1nn(-c2cccc(C(F)(F)F)c2)c2sc(C(=O)NC(C)C34CC5CC(CC(C5)C3)C4)cc12. The Morgan fingerprint density at radius 3 is 2.41 bits per heavy atom. The molecule has 0 saturated heterocycles. The predicted molar refractivity (Wildman–Crippen MR) is 126 cm³/mol. The third-order valence-electron chi connectivity index (χ3n) is 8.54. The number of aryl methyl sites for hydroxylation is 1. The number of halogens is 3. The fourth-order valence-electron chi connectivity index (χ4n) is 7.28. The molecule has 1 aromatic carbocycles. The van der Waals surface area contributed by atoms with Gasteiger partial charge in [-0.05, 0) is 99.8 Å². The van der Waals surface area contributed by atoms with Crippen LogP contribution < -0.4 is 5.32 Å². The van der Waals surface area contributed by atoms with Gasteiger partial charge in [0.25, 0.3) is 5.91 Å². The van der Waals surface area contributed by atoms with Gasteiger partial charge < -0.3 is 5.32 Å². The van der Waals surface area contributed by atoms with E-state index in [4.69, 9.17) is 0 Å². The van der Waals surface area contributed by atoms with E-state index in [2.05, 4.69) is 17.3 Å². The molecule has 4 aliphatic carbocycles. The van der Waals surface area contributed by atoms with Crippen molar-refractivity contribution >= 4 is 27.5 Å². The molecule has 3 aromatic rings. The maximum atomic E-state index is 13.3. The van der Waals surface area contributed by atoms with E-state index in [0.717, 1.165) is 35.3 Å². The smallest absolute Gasteiger partial charge is 0.348 e. The number of amides is 1. The van der Waals surface area contributed by atoms with Gasteiger partial charge in [0.15, 0.2) is 0 Å². The quantitative estimate of drug-likeness (QED) is 0.443. The lowest BCUT2D eigenvalue weighted by atomic mass is 9.48. The molecule has 4 aliphatic rings. The molecule has 4 bridgehead atoms. The molecule has 34 heavy (non-hydrogen) atoms. The Labute approximate surface area is 200 Å².